The molecule has 8 nitrogen and oxygen atoms in total. The Morgan fingerprint density at radius 1 is 1.19 bits per heavy atom. The molecule has 1 fully saturated rings. The average molecular weight is 394 g/mol. The number of piperazine rings is 1. The van der Waals surface area contributed by atoms with Crippen LogP contribution < -0.4 is 9.64 Å². The molecule has 0 unspecified atom stereocenters. The molecule has 0 N–H and O–H groups in total. The zero-order valence-electron chi connectivity index (χ0n) is 14.9. The van der Waals surface area contributed by atoms with Gasteiger partial charge in [0, 0.05) is 43.0 Å². The standard InChI is InChI=1S/C18H20ClN3O5/c1-13-9-16(20-27-13)25-12-18(24)26-11-17(23)22-7-5-21(6-8-22)15-4-2-3-14(19)10-15/h2-4,9-10H,5-8,11-12H2,1H3. The maximum Gasteiger partial charge on any atom is 0.344 e. The highest BCUT2D eigenvalue weighted by Crippen LogP contribution is 2.20. The first-order valence-electron chi connectivity index (χ1n) is 8.51. The van der Waals surface area contributed by atoms with Gasteiger partial charge in [-0.1, -0.05) is 17.7 Å². The minimum atomic E-state index is -0.637. The van der Waals surface area contributed by atoms with E-state index >= 15 is 0 Å². The maximum absolute atomic E-state index is 12.2. The summed E-state index contributed by atoms with van der Waals surface area (Å²) < 4.78 is 14.9. The molecule has 3 rings (SSSR count). The third-order valence-electron chi connectivity index (χ3n) is 4.11. The molecule has 0 radical (unpaired) electrons. The summed E-state index contributed by atoms with van der Waals surface area (Å²) in [6.45, 7) is 3.56. The van der Waals surface area contributed by atoms with E-state index in [9.17, 15) is 9.59 Å². The Bertz CT molecular complexity index is 802. The fourth-order valence-electron chi connectivity index (χ4n) is 2.71. The van der Waals surface area contributed by atoms with Gasteiger partial charge in [0.25, 0.3) is 11.8 Å². The molecule has 1 aliphatic heterocycles. The van der Waals surface area contributed by atoms with Crippen molar-refractivity contribution in [3.63, 3.8) is 0 Å². The molecule has 1 aromatic heterocycles. The summed E-state index contributed by atoms with van der Waals surface area (Å²) in [5.41, 5.74) is 1.03. The number of benzene rings is 1. The van der Waals surface area contributed by atoms with Crippen LogP contribution in [0.2, 0.25) is 5.02 Å². The van der Waals surface area contributed by atoms with Crippen molar-refractivity contribution in [2.24, 2.45) is 0 Å². The summed E-state index contributed by atoms with van der Waals surface area (Å²) in [5.74, 6) is -0.0914. The predicted octanol–water partition coefficient (Wildman–Crippen LogP) is 1.91. The minimum Gasteiger partial charge on any atom is -0.463 e. The first-order chi connectivity index (χ1) is 13.0. The normalized spacial score (nSPS) is 14.1. The van der Waals surface area contributed by atoms with E-state index in [1.807, 2.05) is 24.3 Å². The molecule has 0 saturated carbocycles. The zero-order chi connectivity index (χ0) is 19.2. The Labute approximate surface area is 161 Å². The number of hydrogen-bond acceptors (Lipinski definition) is 7. The molecule has 1 aliphatic rings. The van der Waals surface area contributed by atoms with Crippen LogP contribution in [-0.2, 0) is 14.3 Å². The van der Waals surface area contributed by atoms with Crippen LogP contribution >= 0.6 is 11.6 Å². The number of carbonyl (C=O) groups excluding carboxylic acids is 2. The molecular weight excluding hydrogens is 374 g/mol. The number of aromatic nitrogens is 1. The van der Waals surface area contributed by atoms with Crippen molar-refractivity contribution in [2.45, 2.75) is 6.92 Å². The van der Waals surface area contributed by atoms with Crippen molar-refractivity contribution in [2.75, 3.05) is 44.3 Å². The molecule has 0 bridgehead atoms. The number of ether oxygens (including phenoxy) is 2. The highest BCUT2D eigenvalue weighted by Gasteiger charge is 2.22. The lowest BCUT2D eigenvalue weighted by Crippen LogP contribution is -2.50. The van der Waals surface area contributed by atoms with E-state index in [1.165, 1.54) is 0 Å². The molecule has 0 aliphatic carbocycles. The van der Waals surface area contributed by atoms with Crippen LogP contribution in [0.3, 0.4) is 0 Å². The fraction of sp³-hybridized carbons (Fsp3) is 0.389. The minimum absolute atomic E-state index is 0.202. The summed E-state index contributed by atoms with van der Waals surface area (Å²) >= 11 is 6.02. The van der Waals surface area contributed by atoms with Crippen LogP contribution in [0.1, 0.15) is 5.76 Å². The number of anilines is 1. The summed E-state index contributed by atoms with van der Waals surface area (Å²) in [6, 6.07) is 9.17. The summed E-state index contributed by atoms with van der Waals surface area (Å²) in [7, 11) is 0. The van der Waals surface area contributed by atoms with E-state index in [4.69, 9.17) is 25.6 Å². The molecular formula is C18H20ClN3O5. The van der Waals surface area contributed by atoms with Crippen LogP contribution in [-0.4, -0.2) is 61.3 Å². The molecule has 1 saturated heterocycles. The molecule has 9 heteroatoms. The fourth-order valence-corrected chi connectivity index (χ4v) is 2.89. The van der Waals surface area contributed by atoms with Gasteiger partial charge in [-0.2, -0.15) is 0 Å². The first-order valence-corrected chi connectivity index (χ1v) is 8.89. The quantitative estimate of drug-likeness (QED) is 0.693. The zero-order valence-corrected chi connectivity index (χ0v) is 15.6. The van der Waals surface area contributed by atoms with Crippen molar-refractivity contribution >= 4 is 29.2 Å². The van der Waals surface area contributed by atoms with Crippen molar-refractivity contribution in [3.8, 4) is 5.88 Å². The van der Waals surface area contributed by atoms with Gasteiger partial charge in [0.15, 0.2) is 13.2 Å². The van der Waals surface area contributed by atoms with E-state index in [0.29, 0.717) is 37.0 Å². The molecule has 0 atom stereocenters. The molecule has 27 heavy (non-hydrogen) atoms. The summed E-state index contributed by atoms with van der Waals surface area (Å²) in [6.07, 6.45) is 0. The van der Waals surface area contributed by atoms with E-state index in [2.05, 4.69) is 10.1 Å². The van der Waals surface area contributed by atoms with Gasteiger partial charge in [0.2, 0.25) is 0 Å². The van der Waals surface area contributed by atoms with E-state index in [-0.39, 0.29) is 25.0 Å². The second-order valence-electron chi connectivity index (χ2n) is 6.07. The number of carbonyl (C=O) groups is 2. The Balaban J connectivity index is 1.38. The van der Waals surface area contributed by atoms with Gasteiger partial charge < -0.3 is 23.8 Å². The molecule has 144 valence electrons. The number of aryl methyl sites for hydroxylation is 1. The van der Waals surface area contributed by atoms with Gasteiger partial charge in [-0.3, -0.25) is 4.79 Å². The largest absolute Gasteiger partial charge is 0.463 e. The van der Waals surface area contributed by atoms with Gasteiger partial charge in [-0.05, 0) is 30.3 Å². The average Bonchev–Trinajstić information content (AvgIpc) is 3.10. The lowest BCUT2D eigenvalue weighted by atomic mass is 10.2. The Kier molecular flexibility index (Phi) is 6.18. The van der Waals surface area contributed by atoms with Gasteiger partial charge >= 0.3 is 5.97 Å². The number of hydrogen-bond donors (Lipinski definition) is 0. The highest BCUT2D eigenvalue weighted by molar-refractivity contribution is 6.30. The maximum atomic E-state index is 12.2. The van der Waals surface area contributed by atoms with Crippen LogP contribution in [0, 0.1) is 6.92 Å². The van der Waals surface area contributed by atoms with Gasteiger partial charge in [0.1, 0.15) is 5.76 Å². The van der Waals surface area contributed by atoms with Gasteiger partial charge in [-0.25, -0.2) is 4.79 Å². The lowest BCUT2D eigenvalue weighted by molar-refractivity contribution is -0.153. The number of rotatable bonds is 6. The topological polar surface area (TPSA) is 85.1 Å². The van der Waals surface area contributed by atoms with Crippen LogP contribution in [0.4, 0.5) is 5.69 Å². The predicted molar refractivity (Wildman–Crippen MR) is 97.9 cm³/mol. The molecule has 1 amide bonds. The monoisotopic (exact) mass is 393 g/mol. The summed E-state index contributed by atoms with van der Waals surface area (Å²) in [5, 5.41) is 4.28. The first kappa shape index (κ1) is 19.0. The van der Waals surface area contributed by atoms with E-state index < -0.39 is 5.97 Å². The lowest BCUT2D eigenvalue weighted by Gasteiger charge is -2.36. The van der Waals surface area contributed by atoms with Crippen molar-refractivity contribution in [1.82, 2.24) is 10.1 Å². The van der Waals surface area contributed by atoms with Crippen molar-refractivity contribution in [3.05, 3.63) is 41.1 Å². The SMILES string of the molecule is Cc1cc(OCC(=O)OCC(=O)N2CCN(c3cccc(Cl)c3)CC2)no1. The number of halogens is 1. The highest BCUT2D eigenvalue weighted by atomic mass is 35.5. The number of nitrogens with zero attached hydrogens (tertiary/aromatic N) is 3. The van der Waals surface area contributed by atoms with Crippen LogP contribution in [0.25, 0.3) is 0 Å². The molecule has 1 aromatic carbocycles. The van der Waals surface area contributed by atoms with Gasteiger partial charge in [0.05, 0.1) is 0 Å². The molecule has 2 aromatic rings. The summed E-state index contributed by atoms with van der Waals surface area (Å²) in [4.78, 5) is 27.7. The van der Waals surface area contributed by atoms with Crippen molar-refractivity contribution < 1.29 is 23.6 Å². The van der Waals surface area contributed by atoms with E-state index in [1.54, 1.807) is 17.9 Å². The third-order valence-corrected chi connectivity index (χ3v) is 4.34. The molecule has 2 heterocycles. The van der Waals surface area contributed by atoms with E-state index in [0.717, 1.165) is 5.69 Å². The van der Waals surface area contributed by atoms with Crippen LogP contribution in [0.5, 0.6) is 5.88 Å². The Morgan fingerprint density at radius 2 is 1.96 bits per heavy atom. The second kappa shape index (κ2) is 8.77. The third kappa shape index (κ3) is 5.37. The van der Waals surface area contributed by atoms with Crippen LogP contribution in [0.15, 0.2) is 34.9 Å². The number of esters is 1. The van der Waals surface area contributed by atoms with Gasteiger partial charge in [-0.15, -0.1) is 0 Å². The van der Waals surface area contributed by atoms with Crippen molar-refractivity contribution in [1.29, 1.82) is 0 Å². The number of amides is 1. The second-order valence-corrected chi connectivity index (χ2v) is 6.51. The smallest absolute Gasteiger partial charge is 0.344 e. The Hall–Kier alpha value is -2.74. The Morgan fingerprint density at radius 3 is 2.63 bits per heavy atom. The molecule has 0 spiro atoms.